The molecular formula is C13H17N3O5S2. The summed E-state index contributed by atoms with van der Waals surface area (Å²) in [6, 6.07) is 6.17. The summed E-state index contributed by atoms with van der Waals surface area (Å²) in [5.74, 6) is -0.933. The molecule has 0 saturated carbocycles. The van der Waals surface area contributed by atoms with E-state index in [1.54, 1.807) is 0 Å². The van der Waals surface area contributed by atoms with Crippen molar-refractivity contribution >= 4 is 19.9 Å². The van der Waals surface area contributed by atoms with Gasteiger partial charge in [-0.05, 0) is 18.2 Å². The molecule has 1 aromatic carbocycles. The molecule has 126 valence electrons. The highest BCUT2D eigenvalue weighted by molar-refractivity contribution is 7.92. The van der Waals surface area contributed by atoms with Gasteiger partial charge in [-0.2, -0.15) is 9.57 Å². The second-order valence-corrected chi connectivity index (χ2v) is 9.30. The smallest absolute Gasteiger partial charge is 0.243 e. The molecule has 3 N–H and O–H groups in total. The zero-order valence-electron chi connectivity index (χ0n) is 12.2. The minimum absolute atomic E-state index is 0.0273. The second kappa shape index (κ2) is 6.54. The molecule has 8 nitrogen and oxygen atoms in total. The molecule has 23 heavy (non-hydrogen) atoms. The number of aliphatic hydroxyl groups excluding tert-OH is 1. The predicted octanol–water partition coefficient (Wildman–Crippen LogP) is -1.33. The molecule has 2 rings (SSSR count). The van der Waals surface area contributed by atoms with Crippen LogP contribution in [0.2, 0.25) is 0 Å². The van der Waals surface area contributed by atoms with E-state index in [9.17, 15) is 21.9 Å². The second-order valence-electron chi connectivity index (χ2n) is 5.26. The van der Waals surface area contributed by atoms with Gasteiger partial charge in [-0.1, -0.05) is 6.07 Å². The fraction of sp³-hybridized carbons (Fsp3) is 0.462. The van der Waals surface area contributed by atoms with Gasteiger partial charge in [0.15, 0.2) is 9.84 Å². The molecule has 10 heteroatoms. The number of nitrogens with two attached hydrogens (primary N) is 1. The summed E-state index contributed by atoms with van der Waals surface area (Å²) >= 11 is 0. The van der Waals surface area contributed by atoms with Gasteiger partial charge >= 0.3 is 0 Å². The summed E-state index contributed by atoms with van der Waals surface area (Å²) in [5.41, 5.74) is 5.62. The summed E-state index contributed by atoms with van der Waals surface area (Å²) < 4.78 is 49.8. The van der Waals surface area contributed by atoms with Crippen LogP contribution >= 0.6 is 0 Å². The average molecular weight is 359 g/mol. The molecule has 1 aromatic rings. The van der Waals surface area contributed by atoms with Crippen LogP contribution in [-0.2, 0) is 19.9 Å². The van der Waals surface area contributed by atoms with E-state index >= 15 is 0 Å². The van der Waals surface area contributed by atoms with Gasteiger partial charge in [-0.25, -0.2) is 16.8 Å². The van der Waals surface area contributed by atoms with Crippen LogP contribution in [0.15, 0.2) is 29.2 Å². The molecule has 1 saturated heterocycles. The standard InChI is InChI=1S/C13H17N3O5S2/c14-4-5-16(12-8-22(18,19)9-13(12)17)23(20,21)11-3-1-2-10(6-11)7-15/h1-3,6,12-13,17H,4-5,8-9,14H2/t12-,13-/m1/s1. The Morgan fingerprint density at radius 2 is 2.09 bits per heavy atom. The fourth-order valence-electron chi connectivity index (χ4n) is 2.54. The first-order valence-corrected chi connectivity index (χ1v) is 10.1. The Balaban J connectivity index is 2.46. The van der Waals surface area contributed by atoms with Crippen LogP contribution in [0.25, 0.3) is 0 Å². The van der Waals surface area contributed by atoms with E-state index in [0.29, 0.717) is 0 Å². The maximum atomic E-state index is 12.8. The molecule has 1 aliphatic rings. The Bertz CT molecular complexity index is 829. The Kier molecular flexibility index (Phi) is 5.07. The van der Waals surface area contributed by atoms with Gasteiger partial charge in [0.2, 0.25) is 10.0 Å². The van der Waals surface area contributed by atoms with E-state index in [-0.39, 0.29) is 23.5 Å². The van der Waals surface area contributed by atoms with Gasteiger partial charge < -0.3 is 10.8 Å². The van der Waals surface area contributed by atoms with Crippen molar-refractivity contribution in [3.05, 3.63) is 29.8 Å². The highest BCUT2D eigenvalue weighted by Gasteiger charge is 2.44. The number of nitriles is 1. The van der Waals surface area contributed by atoms with Gasteiger partial charge in [-0.3, -0.25) is 0 Å². The molecule has 0 amide bonds. The van der Waals surface area contributed by atoms with Gasteiger partial charge in [0.25, 0.3) is 0 Å². The number of rotatable bonds is 5. The molecule has 0 radical (unpaired) electrons. The minimum Gasteiger partial charge on any atom is -0.390 e. The van der Waals surface area contributed by atoms with Gasteiger partial charge in [-0.15, -0.1) is 0 Å². The lowest BCUT2D eigenvalue weighted by Crippen LogP contribution is -2.48. The van der Waals surface area contributed by atoms with E-state index in [0.717, 1.165) is 4.31 Å². The molecule has 1 aliphatic heterocycles. The fourth-order valence-corrected chi connectivity index (χ4v) is 6.15. The zero-order valence-corrected chi connectivity index (χ0v) is 13.8. The molecule has 0 spiro atoms. The molecule has 1 fully saturated rings. The molecule has 0 aliphatic carbocycles. The largest absolute Gasteiger partial charge is 0.390 e. The maximum absolute atomic E-state index is 12.8. The maximum Gasteiger partial charge on any atom is 0.243 e. The topological polar surface area (TPSA) is 142 Å². The van der Waals surface area contributed by atoms with Gasteiger partial charge in [0.1, 0.15) is 0 Å². The summed E-state index contributed by atoms with van der Waals surface area (Å²) in [5, 5.41) is 18.8. The van der Waals surface area contributed by atoms with E-state index in [4.69, 9.17) is 11.0 Å². The highest BCUT2D eigenvalue weighted by atomic mass is 32.2. The van der Waals surface area contributed by atoms with Crippen molar-refractivity contribution < 1.29 is 21.9 Å². The average Bonchev–Trinajstić information content (AvgIpc) is 2.77. The summed E-state index contributed by atoms with van der Waals surface area (Å²) in [6.45, 7) is -0.156. The lowest BCUT2D eigenvalue weighted by molar-refractivity contribution is 0.129. The van der Waals surface area contributed by atoms with Crippen LogP contribution in [-0.4, -0.2) is 63.0 Å². The van der Waals surface area contributed by atoms with Crippen LogP contribution in [0, 0.1) is 11.3 Å². The molecule has 0 unspecified atom stereocenters. The molecule has 0 aromatic heterocycles. The third-order valence-corrected chi connectivity index (χ3v) is 7.20. The third kappa shape index (κ3) is 3.70. The van der Waals surface area contributed by atoms with Crippen molar-refractivity contribution in [3.8, 4) is 6.07 Å². The Morgan fingerprint density at radius 1 is 1.39 bits per heavy atom. The molecule has 0 bridgehead atoms. The summed E-state index contributed by atoms with van der Waals surface area (Å²) in [6.07, 6.45) is -1.31. The van der Waals surface area contributed by atoms with Crippen molar-refractivity contribution in [2.45, 2.75) is 17.0 Å². The third-order valence-electron chi connectivity index (χ3n) is 3.58. The van der Waals surface area contributed by atoms with E-state index in [1.807, 2.05) is 6.07 Å². The van der Waals surface area contributed by atoms with Gasteiger partial charge in [0.05, 0.1) is 40.2 Å². The van der Waals surface area contributed by atoms with E-state index < -0.39 is 43.5 Å². The quantitative estimate of drug-likeness (QED) is 0.663. The minimum atomic E-state index is -4.08. The van der Waals surface area contributed by atoms with Crippen molar-refractivity contribution in [3.63, 3.8) is 0 Å². The Labute approximate surface area is 135 Å². The van der Waals surface area contributed by atoms with Crippen molar-refractivity contribution in [2.24, 2.45) is 5.73 Å². The normalized spacial score (nSPS) is 23.7. The summed E-state index contributed by atoms with van der Waals surface area (Å²) in [4.78, 5) is -0.138. The number of hydrogen-bond donors (Lipinski definition) is 2. The van der Waals surface area contributed by atoms with Crippen LogP contribution in [0.4, 0.5) is 0 Å². The number of sulfone groups is 1. The molecular weight excluding hydrogens is 342 g/mol. The number of aliphatic hydroxyl groups is 1. The predicted molar refractivity (Wildman–Crippen MR) is 82.6 cm³/mol. The van der Waals surface area contributed by atoms with Crippen LogP contribution in [0.5, 0.6) is 0 Å². The number of benzene rings is 1. The lowest BCUT2D eigenvalue weighted by atomic mass is 10.2. The van der Waals surface area contributed by atoms with Crippen LogP contribution in [0.1, 0.15) is 5.56 Å². The highest BCUT2D eigenvalue weighted by Crippen LogP contribution is 2.25. The van der Waals surface area contributed by atoms with E-state index in [2.05, 4.69) is 0 Å². The Morgan fingerprint density at radius 3 is 2.61 bits per heavy atom. The van der Waals surface area contributed by atoms with Crippen molar-refractivity contribution in [2.75, 3.05) is 24.6 Å². The molecule has 1 heterocycles. The monoisotopic (exact) mass is 359 g/mol. The SMILES string of the molecule is N#Cc1cccc(S(=O)(=O)N(CCN)[C@@H]2CS(=O)(=O)C[C@H]2O)c1. The number of nitrogens with zero attached hydrogens (tertiary/aromatic N) is 2. The molecule has 2 atom stereocenters. The summed E-state index contributed by atoms with van der Waals surface area (Å²) in [7, 11) is -7.60. The van der Waals surface area contributed by atoms with Crippen LogP contribution < -0.4 is 5.73 Å². The van der Waals surface area contributed by atoms with Crippen molar-refractivity contribution in [1.82, 2.24) is 4.31 Å². The van der Waals surface area contributed by atoms with E-state index in [1.165, 1.54) is 24.3 Å². The first-order chi connectivity index (χ1) is 10.7. The first-order valence-electron chi connectivity index (χ1n) is 6.82. The number of sulfonamides is 1. The zero-order chi connectivity index (χ0) is 17.3. The van der Waals surface area contributed by atoms with Crippen LogP contribution in [0.3, 0.4) is 0 Å². The van der Waals surface area contributed by atoms with Crippen molar-refractivity contribution in [1.29, 1.82) is 5.26 Å². The number of hydrogen-bond acceptors (Lipinski definition) is 7. The lowest BCUT2D eigenvalue weighted by Gasteiger charge is -2.28. The van der Waals surface area contributed by atoms with Gasteiger partial charge in [0, 0.05) is 13.1 Å². The first kappa shape index (κ1) is 17.8. The Hall–Kier alpha value is -1.51.